The molecule has 0 radical (unpaired) electrons. The van der Waals surface area contributed by atoms with Crippen molar-refractivity contribution >= 4 is 23.1 Å². The summed E-state index contributed by atoms with van der Waals surface area (Å²) in [6.45, 7) is 4.04. The van der Waals surface area contributed by atoms with Crippen LogP contribution in [0, 0.1) is 0 Å². The third-order valence-corrected chi connectivity index (χ3v) is 4.25. The van der Waals surface area contributed by atoms with Gasteiger partial charge in [0.2, 0.25) is 11.0 Å². The number of H-pyrrole nitrogens is 1. The van der Waals surface area contributed by atoms with Crippen LogP contribution in [0.5, 0.6) is 0 Å². The molecule has 8 heteroatoms. The molecule has 104 valence electrons. The molecule has 0 saturated heterocycles. The van der Waals surface area contributed by atoms with Crippen molar-refractivity contribution in [3.63, 3.8) is 0 Å². The van der Waals surface area contributed by atoms with Crippen molar-refractivity contribution in [2.75, 3.05) is 0 Å². The highest BCUT2D eigenvalue weighted by molar-refractivity contribution is 7.98. The van der Waals surface area contributed by atoms with Crippen LogP contribution in [-0.2, 0) is 5.75 Å². The maximum Gasteiger partial charge on any atom is 0.229 e. The lowest BCUT2D eigenvalue weighted by Crippen LogP contribution is -1.89. The molecule has 3 rings (SSSR count). The highest BCUT2D eigenvalue weighted by Gasteiger charge is 2.12. The number of aromatic nitrogens is 5. The first-order valence-corrected chi connectivity index (χ1v) is 8.00. The predicted molar refractivity (Wildman–Crippen MR) is 77.6 cm³/mol. The van der Waals surface area contributed by atoms with E-state index in [4.69, 9.17) is 4.52 Å². The minimum absolute atomic E-state index is 0.246. The van der Waals surface area contributed by atoms with Gasteiger partial charge in [0.1, 0.15) is 0 Å². The van der Waals surface area contributed by atoms with Gasteiger partial charge in [-0.15, -0.1) is 16.4 Å². The molecule has 0 aromatic carbocycles. The van der Waals surface area contributed by atoms with Gasteiger partial charge in [0.05, 0.1) is 10.6 Å². The molecule has 0 bridgehead atoms. The van der Waals surface area contributed by atoms with E-state index in [1.165, 1.54) is 11.8 Å². The van der Waals surface area contributed by atoms with Crippen LogP contribution in [0.25, 0.3) is 10.7 Å². The average molecular weight is 307 g/mol. The van der Waals surface area contributed by atoms with Crippen molar-refractivity contribution in [3.05, 3.63) is 29.2 Å². The van der Waals surface area contributed by atoms with Crippen LogP contribution >= 0.6 is 23.1 Å². The largest absolute Gasteiger partial charge is 0.339 e. The molecule has 0 saturated carbocycles. The van der Waals surface area contributed by atoms with Gasteiger partial charge < -0.3 is 4.52 Å². The molecule has 0 fully saturated rings. The third-order valence-electron chi connectivity index (χ3n) is 2.53. The average Bonchev–Trinajstić information content (AvgIpc) is 3.17. The van der Waals surface area contributed by atoms with Crippen molar-refractivity contribution in [2.24, 2.45) is 0 Å². The fourth-order valence-corrected chi connectivity index (χ4v) is 2.83. The Morgan fingerprint density at radius 2 is 2.30 bits per heavy atom. The summed E-state index contributed by atoms with van der Waals surface area (Å²) in [4.78, 5) is 9.82. The Labute approximate surface area is 124 Å². The highest BCUT2D eigenvalue weighted by Crippen LogP contribution is 2.24. The van der Waals surface area contributed by atoms with Crippen LogP contribution < -0.4 is 0 Å². The van der Waals surface area contributed by atoms with Crippen LogP contribution in [0.15, 0.2) is 27.2 Å². The normalized spacial score (nSPS) is 11.3. The third kappa shape index (κ3) is 2.91. The maximum atomic E-state index is 5.16. The van der Waals surface area contributed by atoms with Crippen LogP contribution in [0.2, 0.25) is 0 Å². The molecular weight excluding hydrogens is 294 g/mol. The van der Waals surface area contributed by atoms with Gasteiger partial charge in [-0.3, -0.25) is 5.10 Å². The summed E-state index contributed by atoms with van der Waals surface area (Å²) in [5.74, 6) is 2.96. The topological polar surface area (TPSA) is 80.5 Å². The van der Waals surface area contributed by atoms with E-state index in [0.717, 1.165) is 10.7 Å². The molecule has 0 aliphatic heterocycles. The lowest BCUT2D eigenvalue weighted by molar-refractivity contribution is 0.362. The molecule has 6 nitrogen and oxygen atoms in total. The van der Waals surface area contributed by atoms with E-state index in [0.29, 0.717) is 22.6 Å². The molecule has 3 heterocycles. The van der Waals surface area contributed by atoms with Gasteiger partial charge in [-0.25, -0.2) is 4.98 Å². The summed E-state index contributed by atoms with van der Waals surface area (Å²) in [6.07, 6.45) is 0. The van der Waals surface area contributed by atoms with Gasteiger partial charge in [-0.2, -0.15) is 4.98 Å². The van der Waals surface area contributed by atoms with Gasteiger partial charge in [0.25, 0.3) is 0 Å². The first-order valence-electron chi connectivity index (χ1n) is 6.14. The Bertz CT molecular complexity index is 674. The SMILES string of the molecule is CC(C)c1nc(CSc2n[nH]c(-c3cccs3)n2)no1. The maximum absolute atomic E-state index is 5.16. The Morgan fingerprint density at radius 3 is 3.00 bits per heavy atom. The van der Waals surface area contributed by atoms with Gasteiger partial charge in [0, 0.05) is 5.92 Å². The van der Waals surface area contributed by atoms with Crippen molar-refractivity contribution in [3.8, 4) is 10.7 Å². The number of thiophene rings is 1. The molecule has 0 amide bonds. The van der Waals surface area contributed by atoms with Gasteiger partial charge >= 0.3 is 0 Å². The minimum atomic E-state index is 0.246. The Morgan fingerprint density at radius 1 is 1.40 bits per heavy atom. The Hall–Kier alpha value is -1.67. The van der Waals surface area contributed by atoms with Crippen molar-refractivity contribution in [2.45, 2.75) is 30.7 Å². The lowest BCUT2D eigenvalue weighted by Gasteiger charge is -1.92. The van der Waals surface area contributed by atoms with E-state index in [-0.39, 0.29) is 5.92 Å². The number of hydrogen-bond donors (Lipinski definition) is 1. The van der Waals surface area contributed by atoms with Crippen molar-refractivity contribution in [1.29, 1.82) is 0 Å². The first-order chi connectivity index (χ1) is 9.72. The molecule has 0 unspecified atom stereocenters. The van der Waals surface area contributed by atoms with E-state index >= 15 is 0 Å². The quantitative estimate of drug-likeness (QED) is 0.728. The summed E-state index contributed by atoms with van der Waals surface area (Å²) in [5, 5.41) is 13.7. The number of rotatable bonds is 5. The zero-order chi connectivity index (χ0) is 13.9. The van der Waals surface area contributed by atoms with Gasteiger partial charge in [0.15, 0.2) is 11.6 Å². The number of nitrogens with zero attached hydrogens (tertiary/aromatic N) is 4. The smallest absolute Gasteiger partial charge is 0.229 e. The number of aromatic amines is 1. The molecule has 1 N–H and O–H groups in total. The molecule has 0 aliphatic carbocycles. The zero-order valence-corrected chi connectivity index (χ0v) is 12.7. The van der Waals surface area contributed by atoms with E-state index in [1.807, 2.05) is 31.4 Å². The highest BCUT2D eigenvalue weighted by atomic mass is 32.2. The molecule has 0 atom stereocenters. The zero-order valence-electron chi connectivity index (χ0n) is 11.0. The molecule has 0 spiro atoms. The number of nitrogens with one attached hydrogen (secondary N) is 1. The van der Waals surface area contributed by atoms with Crippen molar-refractivity contribution in [1.82, 2.24) is 25.3 Å². The summed E-state index contributed by atoms with van der Waals surface area (Å²) in [5.41, 5.74) is 0. The van der Waals surface area contributed by atoms with E-state index in [2.05, 4.69) is 25.3 Å². The summed E-state index contributed by atoms with van der Waals surface area (Å²) in [7, 11) is 0. The summed E-state index contributed by atoms with van der Waals surface area (Å²) < 4.78 is 5.16. The fraction of sp³-hybridized carbons (Fsp3) is 0.333. The molecule has 3 aromatic rings. The van der Waals surface area contributed by atoms with E-state index in [1.54, 1.807) is 11.3 Å². The molecule has 0 aliphatic rings. The molecular formula is C12H13N5OS2. The van der Waals surface area contributed by atoms with Crippen LogP contribution in [0.1, 0.15) is 31.5 Å². The Kier molecular flexibility index (Phi) is 3.83. The van der Waals surface area contributed by atoms with Crippen LogP contribution in [-0.4, -0.2) is 25.3 Å². The second-order valence-electron chi connectivity index (χ2n) is 4.44. The standard InChI is InChI=1S/C12H13N5OS2/c1-7(2)11-13-9(17-18-11)6-20-12-14-10(15-16-12)8-4-3-5-19-8/h3-5,7H,6H2,1-2H3,(H,14,15,16). The van der Waals surface area contributed by atoms with Gasteiger partial charge in [-0.1, -0.05) is 36.8 Å². The minimum Gasteiger partial charge on any atom is -0.339 e. The number of thioether (sulfide) groups is 1. The van der Waals surface area contributed by atoms with E-state index < -0.39 is 0 Å². The summed E-state index contributed by atoms with van der Waals surface area (Å²) in [6, 6.07) is 4.00. The van der Waals surface area contributed by atoms with Gasteiger partial charge in [-0.05, 0) is 11.4 Å². The fourth-order valence-electron chi connectivity index (χ4n) is 1.52. The molecule has 3 aromatic heterocycles. The Balaban J connectivity index is 1.63. The summed E-state index contributed by atoms with van der Waals surface area (Å²) >= 11 is 3.11. The molecule has 20 heavy (non-hydrogen) atoms. The van der Waals surface area contributed by atoms with E-state index in [9.17, 15) is 0 Å². The second-order valence-corrected chi connectivity index (χ2v) is 6.33. The lowest BCUT2D eigenvalue weighted by atomic mass is 10.2. The van der Waals surface area contributed by atoms with Crippen molar-refractivity contribution < 1.29 is 4.52 Å². The van der Waals surface area contributed by atoms with Crippen LogP contribution in [0.3, 0.4) is 0 Å². The second kappa shape index (κ2) is 5.76. The van der Waals surface area contributed by atoms with Crippen LogP contribution in [0.4, 0.5) is 0 Å². The first kappa shape index (κ1) is 13.3. The number of hydrogen-bond acceptors (Lipinski definition) is 7. The monoisotopic (exact) mass is 307 g/mol. The predicted octanol–water partition coefficient (Wildman–Crippen LogP) is 3.33.